The summed E-state index contributed by atoms with van der Waals surface area (Å²) >= 11 is 0. The van der Waals surface area contributed by atoms with Gasteiger partial charge in [-0.15, -0.1) is 0 Å². The normalized spacial score (nSPS) is 4.60. The molecule has 84 valence electrons. The Morgan fingerprint density at radius 1 is 1.13 bits per heavy atom. The maximum Gasteiger partial charge on any atom is 0.404 e. The number of nitrogens with zero attached hydrogens (tertiary/aromatic N) is 3. The van der Waals surface area contributed by atoms with Gasteiger partial charge in [0.1, 0.15) is 0 Å². The first-order valence-corrected chi connectivity index (χ1v) is 2.98. The second-order valence-electron chi connectivity index (χ2n) is 1.03. The van der Waals surface area contributed by atoms with E-state index in [2.05, 4.69) is 10.5 Å². The number of isocyanates is 3. The highest BCUT2D eigenvalue weighted by atomic mass is 16.5. The summed E-state index contributed by atoms with van der Waals surface area (Å²) < 4.78 is 4.18. The lowest BCUT2D eigenvalue weighted by Crippen LogP contribution is -2.11. The second-order valence-corrected chi connectivity index (χ2v) is 1.03. The van der Waals surface area contributed by atoms with Crippen LogP contribution in [-0.2, 0) is 19.1 Å². The van der Waals surface area contributed by atoms with Crippen molar-refractivity contribution in [1.29, 1.82) is 0 Å². The highest BCUT2D eigenvalue weighted by molar-refractivity contribution is 5.64. The first kappa shape index (κ1) is 22.8. The molecule has 0 saturated heterocycles. The van der Waals surface area contributed by atoms with E-state index in [0.717, 1.165) is 0 Å². The number of rotatable bonds is 1. The van der Waals surface area contributed by atoms with Crippen LogP contribution in [0, 0.1) is 0 Å². The van der Waals surface area contributed by atoms with Gasteiger partial charge in [-0.1, -0.05) is 0 Å². The standard InChI is InChI=1S/C3H7NO2.3CNO/c1-2-6-3(4)5;3*2-1-3/h2H2,1H3,(H2,4,5);;;/q;3*-1. The summed E-state index contributed by atoms with van der Waals surface area (Å²) in [6.45, 7) is 2.06. The van der Waals surface area contributed by atoms with Crippen molar-refractivity contribution in [2.75, 3.05) is 6.61 Å². The number of ether oxygens (including phenoxy) is 1. The molecular formula is C6H7N4O5-3. The molecule has 2 N–H and O–H groups in total. The van der Waals surface area contributed by atoms with E-state index < -0.39 is 6.09 Å². The summed E-state index contributed by atoms with van der Waals surface area (Å²) in [4.78, 5) is 34.3. The Hall–Kier alpha value is -2.59. The van der Waals surface area contributed by atoms with Gasteiger partial charge in [0.05, 0.1) is 6.61 Å². The molecule has 1 amide bonds. The third kappa shape index (κ3) is 6010. The number of hydrogen-bond donors (Lipinski definition) is 1. The van der Waals surface area contributed by atoms with Crippen molar-refractivity contribution < 1.29 is 23.9 Å². The molecule has 0 bridgehead atoms. The van der Waals surface area contributed by atoms with Crippen LogP contribution in [0.15, 0.2) is 0 Å². The smallest absolute Gasteiger partial charge is 0.404 e. The molecule has 0 radical (unpaired) electrons. The van der Waals surface area contributed by atoms with Crippen LogP contribution in [0.1, 0.15) is 6.92 Å². The highest BCUT2D eigenvalue weighted by Gasteiger charge is 1.82. The van der Waals surface area contributed by atoms with E-state index in [4.69, 9.17) is 30.6 Å². The molecule has 0 aromatic rings. The Morgan fingerprint density at radius 2 is 1.33 bits per heavy atom. The Kier molecular flexibility index (Phi) is 64.3. The number of carbonyl (C=O) groups excluding carboxylic acids is 4. The summed E-state index contributed by atoms with van der Waals surface area (Å²) in [5.74, 6) is 0. The zero-order valence-corrected chi connectivity index (χ0v) is 7.67. The van der Waals surface area contributed by atoms with Crippen molar-refractivity contribution in [1.82, 2.24) is 0 Å². The van der Waals surface area contributed by atoms with Crippen LogP contribution in [0.4, 0.5) is 4.79 Å². The van der Waals surface area contributed by atoms with E-state index in [0.29, 0.717) is 24.8 Å². The maximum atomic E-state index is 9.60. The summed E-state index contributed by atoms with van der Waals surface area (Å²) in [7, 11) is 0. The monoisotopic (exact) mass is 215 g/mol. The molecule has 0 spiro atoms. The van der Waals surface area contributed by atoms with Crippen molar-refractivity contribution >= 4 is 24.3 Å². The van der Waals surface area contributed by atoms with Crippen molar-refractivity contribution in [2.45, 2.75) is 6.92 Å². The predicted molar refractivity (Wildman–Crippen MR) is 48.4 cm³/mol. The van der Waals surface area contributed by atoms with Crippen LogP contribution in [0.2, 0.25) is 0 Å². The van der Waals surface area contributed by atoms with E-state index in [9.17, 15) is 4.79 Å². The van der Waals surface area contributed by atoms with Gasteiger partial charge in [0.25, 0.3) is 0 Å². The van der Waals surface area contributed by atoms with Gasteiger partial charge in [-0.3, -0.25) is 14.4 Å². The Morgan fingerprint density at radius 3 is 1.33 bits per heavy atom. The average Bonchev–Trinajstić information content (AvgIpc) is 2.07. The van der Waals surface area contributed by atoms with Crippen LogP contribution in [0.5, 0.6) is 0 Å². The Labute approximate surface area is 84.7 Å². The topological polar surface area (TPSA) is 170 Å². The van der Waals surface area contributed by atoms with Crippen LogP contribution in [0.3, 0.4) is 0 Å². The number of hydrogen-bond acceptors (Lipinski definition) is 5. The van der Waals surface area contributed by atoms with Crippen LogP contribution >= 0.6 is 0 Å². The van der Waals surface area contributed by atoms with E-state index in [-0.39, 0.29) is 0 Å². The van der Waals surface area contributed by atoms with E-state index in [1.165, 1.54) is 0 Å². The van der Waals surface area contributed by atoms with E-state index in [1.54, 1.807) is 6.92 Å². The SMILES string of the molecule is CCOC(N)=O.[N-]=C=O.[N-]=C=O.[N-]=C=O. The molecule has 0 aliphatic heterocycles. The first-order valence-electron chi connectivity index (χ1n) is 2.98. The van der Waals surface area contributed by atoms with Gasteiger partial charge in [0, 0.05) is 0 Å². The van der Waals surface area contributed by atoms with Gasteiger partial charge < -0.3 is 26.7 Å². The fraction of sp³-hybridized carbons (Fsp3) is 0.333. The first-order chi connectivity index (χ1) is 7.01. The average molecular weight is 215 g/mol. The van der Waals surface area contributed by atoms with Crippen LogP contribution in [-0.4, -0.2) is 30.9 Å². The van der Waals surface area contributed by atoms with Gasteiger partial charge in [-0.05, 0) is 25.2 Å². The molecule has 0 aliphatic carbocycles. The summed E-state index contributed by atoms with van der Waals surface area (Å²) in [5, 5.41) is 20.3. The van der Waals surface area contributed by atoms with Crippen LogP contribution in [0.25, 0.3) is 16.2 Å². The van der Waals surface area contributed by atoms with E-state index >= 15 is 0 Å². The fourth-order valence-corrected chi connectivity index (χ4v) is 0.142. The minimum absolute atomic E-state index is 0.356. The lowest BCUT2D eigenvalue weighted by Gasteiger charge is -1.89. The van der Waals surface area contributed by atoms with Gasteiger partial charge in [0.2, 0.25) is 0 Å². The highest BCUT2D eigenvalue weighted by Crippen LogP contribution is 1.66. The molecule has 0 aromatic heterocycles. The Balaban J connectivity index is -0.0000000581. The second kappa shape index (κ2) is 42.2. The molecule has 0 aromatic carbocycles. The molecule has 0 unspecified atom stereocenters. The lowest BCUT2D eigenvalue weighted by molar-refractivity contribution is 0.163. The molecule has 15 heavy (non-hydrogen) atoms. The zero-order valence-electron chi connectivity index (χ0n) is 7.67. The zero-order chi connectivity index (χ0) is 13.1. The van der Waals surface area contributed by atoms with Crippen molar-refractivity contribution in [3.8, 4) is 0 Å². The molecule has 9 heteroatoms. The molecule has 0 heterocycles. The minimum atomic E-state index is -0.711. The third-order valence-electron chi connectivity index (χ3n) is 0.287. The molecule has 0 fully saturated rings. The molecule has 9 nitrogen and oxygen atoms in total. The Bertz CT molecular complexity index is 205. The van der Waals surface area contributed by atoms with Crippen molar-refractivity contribution in [3.63, 3.8) is 0 Å². The number of nitrogens with two attached hydrogens (primary N) is 1. The van der Waals surface area contributed by atoms with Crippen LogP contribution < -0.4 is 5.73 Å². The van der Waals surface area contributed by atoms with Gasteiger partial charge >= 0.3 is 6.09 Å². The third-order valence-corrected chi connectivity index (χ3v) is 0.287. The van der Waals surface area contributed by atoms with Crippen molar-refractivity contribution in [3.05, 3.63) is 16.2 Å². The molecule has 0 atom stereocenters. The summed E-state index contributed by atoms with van der Waals surface area (Å²) in [6, 6.07) is 0. The summed E-state index contributed by atoms with van der Waals surface area (Å²) in [6.07, 6.45) is 0.789. The van der Waals surface area contributed by atoms with Gasteiger partial charge in [0.15, 0.2) is 0 Å². The molecule has 0 aliphatic rings. The predicted octanol–water partition coefficient (Wildman–Crippen LogP) is -0.224. The van der Waals surface area contributed by atoms with Gasteiger partial charge in [-0.2, -0.15) is 0 Å². The van der Waals surface area contributed by atoms with Crippen molar-refractivity contribution in [2.24, 2.45) is 5.73 Å². The lowest BCUT2D eigenvalue weighted by atomic mass is 10.9. The maximum absolute atomic E-state index is 9.60. The largest absolute Gasteiger partial charge is 0.724 e. The fourth-order valence-electron chi connectivity index (χ4n) is 0.142. The number of primary amides is 1. The molecule has 0 rings (SSSR count). The summed E-state index contributed by atoms with van der Waals surface area (Å²) in [5.41, 5.74) is 4.54. The van der Waals surface area contributed by atoms with Gasteiger partial charge in [-0.25, -0.2) is 4.79 Å². The minimum Gasteiger partial charge on any atom is -0.724 e. The number of amides is 1. The number of carbonyl (C=O) groups is 1. The molecule has 0 saturated carbocycles. The molecular weight excluding hydrogens is 208 g/mol. The van der Waals surface area contributed by atoms with E-state index in [1.807, 2.05) is 0 Å². The quantitative estimate of drug-likeness (QED) is 0.469.